The summed E-state index contributed by atoms with van der Waals surface area (Å²) in [5, 5.41) is 6.42. The number of nitrogens with two attached hydrogens (primary N) is 1. The Morgan fingerprint density at radius 3 is 2.19 bits per heavy atom. The molecule has 1 aliphatic carbocycles. The van der Waals surface area contributed by atoms with E-state index in [2.05, 4.69) is 65.8 Å². The molecule has 0 aromatic heterocycles. The molecule has 6 heteroatoms. The largest absolute Gasteiger partial charge is 0.397 e. The minimum Gasteiger partial charge on any atom is -0.397 e. The Bertz CT molecular complexity index is 958. The van der Waals surface area contributed by atoms with Crippen molar-refractivity contribution in [1.29, 1.82) is 0 Å². The van der Waals surface area contributed by atoms with Gasteiger partial charge in [-0.05, 0) is 42.3 Å². The second kappa shape index (κ2) is 19.7. The van der Waals surface area contributed by atoms with Crippen molar-refractivity contribution in [2.75, 3.05) is 43.6 Å². The summed E-state index contributed by atoms with van der Waals surface area (Å²) in [7, 11) is 1.87. The van der Waals surface area contributed by atoms with E-state index in [0.717, 1.165) is 68.2 Å². The Kier molecular flexibility index (Phi) is 16.7. The van der Waals surface area contributed by atoms with E-state index in [1.165, 1.54) is 12.1 Å². The molecule has 0 amide bonds. The second-order valence-electron chi connectivity index (χ2n) is 8.22. The fourth-order valence-electron chi connectivity index (χ4n) is 3.42. The number of nitrogens with zero attached hydrogens (tertiary/aromatic N) is 1. The summed E-state index contributed by atoms with van der Waals surface area (Å²) in [6.45, 7) is 12.5. The predicted octanol–water partition coefficient (Wildman–Crippen LogP) is 6.28. The number of morpholine rings is 1. The van der Waals surface area contributed by atoms with E-state index in [0.29, 0.717) is 5.56 Å². The number of carbonyl (C=O) groups is 1. The lowest BCUT2D eigenvalue weighted by Gasteiger charge is -2.28. The van der Waals surface area contributed by atoms with Crippen LogP contribution in [0.15, 0.2) is 84.2 Å². The molecule has 0 unspecified atom stereocenters. The summed E-state index contributed by atoms with van der Waals surface area (Å²) in [5.41, 5.74) is 11.7. The van der Waals surface area contributed by atoms with Crippen molar-refractivity contribution in [3.05, 3.63) is 95.4 Å². The average Bonchev–Trinajstić information content (AvgIpc) is 3.18. The minimum atomic E-state index is 0.707. The third-order valence-electron chi connectivity index (χ3n) is 5.31. The number of allylic oxidation sites excluding steroid dienone is 4. The van der Waals surface area contributed by atoms with E-state index in [-0.39, 0.29) is 0 Å². The highest BCUT2D eigenvalue weighted by molar-refractivity contribution is 5.74. The van der Waals surface area contributed by atoms with Crippen LogP contribution in [0.4, 0.5) is 11.4 Å². The maximum absolute atomic E-state index is 10.6. The van der Waals surface area contributed by atoms with Gasteiger partial charge >= 0.3 is 0 Å². The molecular weight excluding hydrogens is 460 g/mol. The van der Waals surface area contributed by atoms with Crippen LogP contribution in [0.1, 0.15) is 56.5 Å². The van der Waals surface area contributed by atoms with Crippen molar-refractivity contribution in [3.8, 4) is 0 Å². The Balaban J connectivity index is 0.000000381. The highest BCUT2D eigenvalue weighted by Gasteiger charge is 2.10. The SMILES string of the molecule is CC.CCC.CNC1=CCC=CC=C1N.O=Cc1ccc(CNc2ccc(N3CCOCC3)cc2)cc1. The molecule has 0 spiro atoms. The molecule has 1 fully saturated rings. The van der Waals surface area contributed by atoms with E-state index < -0.39 is 0 Å². The maximum Gasteiger partial charge on any atom is 0.150 e. The third-order valence-corrected chi connectivity index (χ3v) is 5.31. The molecule has 0 atom stereocenters. The van der Waals surface area contributed by atoms with Crippen molar-refractivity contribution < 1.29 is 9.53 Å². The van der Waals surface area contributed by atoms with Crippen LogP contribution in [0.3, 0.4) is 0 Å². The van der Waals surface area contributed by atoms with Gasteiger partial charge in [0, 0.05) is 43.6 Å². The van der Waals surface area contributed by atoms with Gasteiger partial charge in [0.15, 0.2) is 0 Å². The van der Waals surface area contributed by atoms with Gasteiger partial charge in [-0.15, -0.1) is 0 Å². The van der Waals surface area contributed by atoms with Crippen LogP contribution in [0.2, 0.25) is 0 Å². The lowest BCUT2D eigenvalue weighted by molar-refractivity contribution is 0.112. The highest BCUT2D eigenvalue weighted by atomic mass is 16.5. The summed E-state index contributed by atoms with van der Waals surface area (Å²) in [6, 6.07) is 16.1. The lowest BCUT2D eigenvalue weighted by atomic mass is 10.1. The van der Waals surface area contributed by atoms with Gasteiger partial charge in [0.25, 0.3) is 0 Å². The zero-order chi connectivity index (χ0) is 27.3. The third kappa shape index (κ3) is 12.3. The van der Waals surface area contributed by atoms with Gasteiger partial charge in [-0.2, -0.15) is 0 Å². The summed E-state index contributed by atoms with van der Waals surface area (Å²) in [6.07, 6.45) is 11.1. The number of aldehydes is 1. The van der Waals surface area contributed by atoms with Gasteiger partial charge in [-0.1, -0.05) is 76.6 Å². The molecular formula is C31H46N4O2. The van der Waals surface area contributed by atoms with Crippen molar-refractivity contribution >= 4 is 17.7 Å². The summed E-state index contributed by atoms with van der Waals surface area (Å²) < 4.78 is 5.37. The number of anilines is 2. The van der Waals surface area contributed by atoms with Crippen LogP contribution in [0, 0.1) is 0 Å². The fraction of sp³-hybridized carbons (Fsp3) is 0.387. The number of benzene rings is 2. The standard InChI is InChI=1S/C18H20N2O2.C8H12N2.C3H8.C2H6/c21-14-16-3-1-15(2-4-16)13-19-17-5-7-18(8-6-17)20-9-11-22-12-10-20;1-10-8-6-4-2-3-5-7(8)9;1-3-2;1-2/h1-8,14,19H,9-13H2;2-3,5-6,10H,4,9H2,1H3;3H2,1-2H3;1-2H3. The summed E-state index contributed by atoms with van der Waals surface area (Å²) >= 11 is 0. The molecule has 2 aliphatic rings. The van der Waals surface area contributed by atoms with E-state index >= 15 is 0 Å². The molecule has 6 nitrogen and oxygen atoms in total. The van der Waals surface area contributed by atoms with Crippen LogP contribution < -0.4 is 21.3 Å². The molecule has 0 saturated carbocycles. The molecule has 2 aromatic rings. The molecule has 1 aliphatic heterocycles. The van der Waals surface area contributed by atoms with Crippen molar-refractivity contribution in [2.24, 2.45) is 5.73 Å². The van der Waals surface area contributed by atoms with E-state index in [9.17, 15) is 4.79 Å². The second-order valence-corrected chi connectivity index (χ2v) is 8.22. The van der Waals surface area contributed by atoms with Gasteiger partial charge < -0.3 is 26.0 Å². The Morgan fingerprint density at radius 2 is 1.62 bits per heavy atom. The highest BCUT2D eigenvalue weighted by Crippen LogP contribution is 2.19. The summed E-state index contributed by atoms with van der Waals surface area (Å²) in [5.74, 6) is 0. The zero-order valence-electron chi connectivity index (χ0n) is 23.3. The zero-order valence-corrected chi connectivity index (χ0v) is 23.3. The number of likely N-dealkylation sites (N-methyl/N-ethyl adjacent to an activating group) is 1. The minimum absolute atomic E-state index is 0.707. The number of hydrogen-bond acceptors (Lipinski definition) is 6. The van der Waals surface area contributed by atoms with E-state index in [1.54, 1.807) is 0 Å². The van der Waals surface area contributed by atoms with Crippen LogP contribution in [-0.4, -0.2) is 39.6 Å². The van der Waals surface area contributed by atoms with Gasteiger partial charge in [-0.25, -0.2) is 0 Å². The predicted molar refractivity (Wildman–Crippen MR) is 159 cm³/mol. The first-order valence-corrected chi connectivity index (χ1v) is 13.3. The molecule has 37 heavy (non-hydrogen) atoms. The monoisotopic (exact) mass is 506 g/mol. The number of carbonyl (C=O) groups excluding carboxylic acids is 1. The molecule has 4 rings (SSSR count). The van der Waals surface area contributed by atoms with Crippen molar-refractivity contribution in [2.45, 2.75) is 47.1 Å². The Morgan fingerprint density at radius 1 is 1.00 bits per heavy atom. The lowest BCUT2D eigenvalue weighted by Crippen LogP contribution is -2.36. The Hall–Kier alpha value is -3.51. The Labute approximate surface area is 224 Å². The quantitative estimate of drug-likeness (QED) is 0.400. The van der Waals surface area contributed by atoms with Gasteiger partial charge in [0.05, 0.1) is 24.6 Å². The fourth-order valence-corrected chi connectivity index (χ4v) is 3.42. The molecule has 1 heterocycles. The van der Waals surface area contributed by atoms with Gasteiger partial charge in [-0.3, -0.25) is 4.79 Å². The average molecular weight is 507 g/mol. The first-order valence-electron chi connectivity index (χ1n) is 13.3. The first kappa shape index (κ1) is 31.5. The van der Waals surface area contributed by atoms with Crippen LogP contribution in [0.5, 0.6) is 0 Å². The molecule has 1 saturated heterocycles. The molecule has 202 valence electrons. The molecule has 0 radical (unpaired) electrons. The van der Waals surface area contributed by atoms with Crippen LogP contribution >= 0.6 is 0 Å². The van der Waals surface area contributed by atoms with Gasteiger partial charge in [0.1, 0.15) is 6.29 Å². The van der Waals surface area contributed by atoms with E-state index in [1.807, 2.05) is 57.3 Å². The van der Waals surface area contributed by atoms with Crippen LogP contribution in [0.25, 0.3) is 0 Å². The first-order chi connectivity index (χ1) is 18.1. The number of nitrogens with one attached hydrogen (secondary N) is 2. The van der Waals surface area contributed by atoms with E-state index in [4.69, 9.17) is 10.5 Å². The van der Waals surface area contributed by atoms with Crippen molar-refractivity contribution in [3.63, 3.8) is 0 Å². The normalized spacial score (nSPS) is 14.0. The number of rotatable bonds is 6. The molecule has 0 bridgehead atoms. The smallest absolute Gasteiger partial charge is 0.150 e. The number of ether oxygens (including phenoxy) is 1. The van der Waals surface area contributed by atoms with Crippen LogP contribution in [-0.2, 0) is 11.3 Å². The molecule has 2 aromatic carbocycles. The number of hydrogen-bond donors (Lipinski definition) is 3. The maximum atomic E-state index is 10.6. The summed E-state index contributed by atoms with van der Waals surface area (Å²) in [4.78, 5) is 13.0. The van der Waals surface area contributed by atoms with Crippen molar-refractivity contribution in [1.82, 2.24) is 5.32 Å². The topological polar surface area (TPSA) is 79.6 Å². The van der Waals surface area contributed by atoms with Gasteiger partial charge in [0.2, 0.25) is 0 Å². The molecule has 4 N–H and O–H groups in total.